The van der Waals surface area contributed by atoms with Crippen molar-refractivity contribution >= 4 is 33.2 Å². The first-order valence-corrected chi connectivity index (χ1v) is 7.26. The van der Waals surface area contributed by atoms with Crippen LogP contribution in [0.2, 0.25) is 0 Å². The molecule has 2 heterocycles. The Balaban J connectivity index is 2.22. The zero-order valence-electron chi connectivity index (χ0n) is 10.1. The fraction of sp³-hybridized carbons (Fsp3) is 0.0769. The van der Waals surface area contributed by atoms with Crippen molar-refractivity contribution in [3.63, 3.8) is 0 Å². The van der Waals surface area contributed by atoms with Crippen molar-refractivity contribution in [2.45, 2.75) is 6.92 Å². The minimum Gasteiger partial charge on any atom is -0.367 e. The van der Waals surface area contributed by atoms with Crippen LogP contribution in [0, 0.1) is 6.92 Å². The average Bonchev–Trinajstić information content (AvgIpc) is 2.96. The Bertz CT molecular complexity index is 735. The molecule has 0 atom stereocenters. The van der Waals surface area contributed by atoms with Crippen LogP contribution < -0.4 is 5.73 Å². The van der Waals surface area contributed by atoms with Gasteiger partial charge in [0.15, 0.2) is 0 Å². The maximum Gasteiger partial charge on any atom is 0.230 e. The molecule has 0 saturated heterocycles. The van der Waals surface area contributed by atoms with E-state index in [4.69, 9.17) is 10.3 Å². The van der Waals surface area contributed by atoms with Gasteiger partial charge in [0.25, 0.3) is 0 Å². The summed E-state index contributed by atoms with van der Waals surface area (Å²) in [5, 5.41) is 6.97. The first-order valence-electron chi connectivity index (χ1n) is 5.59. The molecular formula is C13H10BrN3OS. The molecule has 3 rings (SSSR count). The molecule has 0 saturated carbocycles. The van der Waals surface area contributed by atoms with Crippen molar-refractivity contribution in [1.29, 1.82) is 0 Å². The quantitative estimate of drug-likeness (QED) is 0.765. The first kappa shape index (κ1) is 12.4. The summed E-state index contributed by atoms with van der Waals surface area (Å²) in [4.78, 5) is 4.44. The third-order valence-electron chi connectivity index (χ3n) is 2.72. The van der Waals surface area contributed by atoms with E-state index in [0.717, 1.165) is 26.3 Å². The minimum atomic E-state index is 0.299. The number of halogens is 1. The highest BCUT2D eigenvalue weighted by Gasteiger charge is 2.20. The summed E-state index contributed by atoms with van der Waals surface area (Å²) in [5.74, 6) is 0.299. The summed E-state index contributed by atoms with van der Waals surface area (Å²) in [6, 6.07) is 7.82. The highest BCUT2D eigenvalue weighted by molar-refractivity contribution is 9.10. The number of hydrogen-bond donors (Lipinski definition) is 1. The van der Waals surface area contributed by atoms with Gasteiger partial charge in [0.2, 0.25) is 5.88 Å². The van der Waals surface area contributed by atoms with Crippen molar-refractivity contribution < 1.29 is 4.52 Å². The Morgan fingerprint density at radius 3 is 2.79 bits per heavy atom. The molecule has 19 heavy (non-hydrogen) atoms. The van der Waals surface area contributed by atoms with Gasteiger partial charge in [-0.15, -0.1) is 11.3 Å². The molecule has 0 amide bonds. The molecule has 0 bridgehead atoms. The summed E-state index contributed by atoms with van der Waals surface area (Å²) in [5.41, 5.74) is 9.09. The molecular weight excluding hydrogens is 326 g/mol. The molecule has 6 heteroatoms. The van der Waals surface area contributed by atoms with E-state index in [1.165, 1.54) is 0 Å². The number of aromatic nitrogens is 2. The molecule has 1 aromatic carbocycles. The molecule has 3 aromatic rings. The number of thiazole rings is 1. The van der Waals surface area contributed by atoms with Crippen LogP contribution >= 0.6 is 27.3 Å². The van der Waals surface area contributed by atoms with Crippen LogP contribution in [0.4, 0.5) is 5.88 Å². The monoisotopic (exact) mass is 335 g/mol. The van der Waals surface area contributed by atoms with Crippen LogP contribution in [0.3, 0.4) is 0 Å². The number of nitrogens with zero attached hydrogens (tertiary/aromatic N) is 2. The lowest BCUT2D eigenvalue weighted by molar-refractivity contribution is 0.439. The number of nitrogens with two attached hydrogens (primary N) is 1. The molecule has 0 unspecified atom stereocenters. The summed E-state index contributed by atoms with van der Waals surface area (Å²) in [6.45, 7) is 1.95. The van der Waals surface area contributed by atoms with Crippen LogP contribution in [-0.2, 0) is 0 Å². The van der Waals surface area contributed by atoms with Crippen molar-refractivity contribution in [3.8, 4) is 22.5 Å². The van der Waals surface area contributed by atoms with Gasteiger partial charge in [-0.1, -0.05) is 39.3 Å². The van der Waals surface area contributed by atoms with Gasteiger partial charge in [0, 0.05) is 15.4 Å². The van der Waals surface area contributed by atoms with Crippen LogP contribution in [0.15, 0.2) is 38.6 Å². The van der Waals surface area contributed by atoms with Gasteiger partial charge in [0.05, 0.1) is 10.6 Å². The Morgan fingerprint density at radius 2 is 2.11 bits per heavy atom. The molecule has 2 aromatic heterocycles. The Morgan fingerprint density at radius 1 is 1.32 bits per heavy atom. The zero-order valence-corrected chi connectivity index (χ0v) is 12.5. The van der Waals surface area contributed by atoms with Crippen LogP contribution in [0.1, 0.15) is 5.01 Å². The number of rotatable bonds is 2. The second kappa shape index (κ2) is 4.79. The highest BCUT2D eigenvalue weighted by atomic mass is 79.9. The summed E-state index contributed by atoms with van der Waals surface area (Å²) < 4.78 is 6.08. The van der Waals surface area contributed by atoms with Crippen molar-refractivity contribution in [1.82, 2.24) is 10.1 Å². The zero-order chi connectivity index (χ0) is 13.4. The van der Waals surface area contributed by atoms with E-state index in [9.17, 15) is 0 Å². The number of benzene rings is 1. The molecule has 2 N–H and O–H groups in total. The first-order chi connectivity index (χ1) is 9.16. The number of nitrogen functional groups attached to an aromatic ring is 1. The van der Waals surface area contributed by atoms with E-state index < -0.39 is 0 Å². The van der Waals surface area contributed by atoms with Gasteiger partial charge in [-0.05, 0) is 13.0 Å². The lowest BCUT2D eigenvalue weighted by Gasteiger charge is -2.03. The standard InChI is InChI=1S/C13H10BrN3OS/c1-7-16-10(6-19-7)12-11(13(15)18-17-12)8-4-2-3-5-9(8)14/h2-6H,15H2,1H3. The molecule has 0 aliphatic heterocycles. The highest BCUT2D eigenvalue weighted by Crippen LogP contribution is 2.39. The topological polar surface area (TPSA) is 64.9 Å². The number of aryl methyl sites for hydroxylation is 1. The van der Waals surface area contributed by atoms with E-state index in [1.54, 1.807) is 11.3 Å². The van der Waals surface area contributed by atoms with E-state index in [-0.39, 0.29) is 0 Å². The fourth-order valence-electron chi connectivity index (χ4n) is 1.87. The van der Waals surface area contributed by atoms with Crippen molar-refractivity contribution in [2.24, 2.45) is 0 Å². The maximum absolute atomic E-state index is 5.91. The van der Waals surface area contributed by atoms with Gasteiger partial charge < -0.3 is 10.3 Å². The Hall–Kier alpha value is -1.66. The SMILES string of the molecule is Cc1nc(-c2noc(N)c2-c2ccccc2Br)cs1. The molecule has 96 valence electrons. The van der Waals surface area contributed by atoms with Gasteiger partial charge in [-0.25, -0.2) is 4.98 Å². The molecule has 4 nitrogen and oxygen atoms in total. The third kappa shape index (κ3) is 2.17. The minimum absolute atomic E-state index is 0.299. The second-order valence-corrected chi connectivity index (χ2v) is 5.92. The summed E-state index contributed by atoms with van der Waals surface area (Å²) in [7, 11) is 0. The van der Waals surface area contributed by atoms with Crippen LogP contribution in [0.25, 0.3) is 22.5 Å². The molecule has 0 fully saturated rings. The number of hydrogen-bond acceptors (Lipinski definition) is 5. The smallest absolute Gasteiger partial charge is 0.230 e. The Kier molecular flexibility index (Phi) is 3.12. The molecule has 0 aliphatic carbocycles. The predicted octanol–water partition coefficient (Wildman–Crippen LogP) is 4.12. The molecule has 0 radical (unpaired) electrons. The van der Waals surface area contributed by atoms with Crippen molar-refractivity contribution in [3.05, 3.63) is 39.1 Å². The van der Waals surface area contributed by atoms with Crippen LogP contribution in [-0.4, -0.2) is 10.1 Å². The van der Waals surface area contributed by atoms with Gasteiger partial charge in [-0.3, -0.25) is 0 Å². The molecule has 0 spiro atoms. The van der Waals surface area contributed by atoms with E-state index in [1.807, 2.05) is 36.6 Å². The van der Waals surface area contributed by atoms with Gasteiger partial charge in [0.1, 0.15) is 11.4 Å². The third-order valence-corrected chi connectivity index (χ3v) is 4.19. The predicted molar refractivity (Wildman–Crippen MR) is 79.9 cm³/mol. The lowest BCUT2D eigenvalue weighted by atomic mass is 10.0. The fourth-order valence-corrected chi connectivity index (χ4v) is 2.95. The average molecular weight is 336 g/mol. The summed E-state index contributed by atoms with van der Waals surface area (Å²) >= 11 is 5.09. The number of anilines is 1. The normalized spacial score (nSPS) is 10.8. The molecule has 0 aliphatic rings. The van der Waals surface area contributed by atoms with E-state index in [0.29, 0.717) is 11.6 Å². The van der Waals surface area contributed by atoms with E-state index >= 15 is 0 Å². The maximum atomic E-state index is 5.91. The Labute approximate surface area is 122 Å². The van der Waals surface area contributed by atoms with Gasteiger partial charge >= 0.3 is 0 Å². The van der Waals surface area contributed by atoms with Crippen LogP contribution in [0.5, 0.6) is 0 Å². The van der Waals surface area contributed by atoms with Crippen molar-refractivity contribution in [2.75, 3.05) is 5.73 Å². The largest absolute Gasteiger partial charge is 0.367 e. The second-order valence-electron chi connectivity index (χ2n) is 4.00. The van der Waals surface area contributed by atoms with Gasteiger partial charge in [-0.2, -0.15) is 0 Å². The summed E-state index contributed by atoms with van der Waals surface area (Å²) in [6.07, 6.45) is 0. The van der Waals surface area contributed by atoms with E-state index in [2.05, 4.69) is 26.1 Å². The lowest BCUT2D eigenvalue weighted by Crippen LogP contribution is -1.89.